The van der Waals surface area contributed by atoms with Crippen LogP contribution < -0.4 is 29.6 Å². The van der Waals surface area contributed by atoms with Crippen LogP contribution in [0.5, 0.6) is 0 Å². The molecule has 1 N–H and O–H groups in total. The van der Waals surface area contributed by atoms with Gasteiger partial charge in [-0.25, -0.2) is 4.79 Å². The number of esters is 1. The normalized spacial score (nSPS) is 7.22. The molecule has 4 nitrogen and oxygen atoms in total. The summed E-state index contributed by atoms with van der Waals surface area (Å²) in [4.78, 5) is 19.5. The molecule has 0 aliphatic rings. The smallest absolute Gasteiger partial charge is 1.00 e. The van der Waals surface area contributed by atoms with E-state index in [1.54, 1.807) is 0 Å². The average molecular weight is 142 g/mol. The van der Waals surface area contributed by atoms with Crippen LogP contribution in [0.2, 0.25) is 0 Å². The molecule has 0 heterocycles. The van der Waals surface area contributed by atoms with E-state index in [4.69, 9.17) is 5.11 Å². The van der Waals surface area contributed by atoms with E-state index in [0.29, 0.717) is 0 Å². The van der Waals surface area contributed by atoms with Gasteiger partial charge in [-0.05, 0) is 0 Å². The molecular formula is C4H7NaO4. The third kappa shape index (κ3) is 7.94. The Bertz CT molecular complexity index is 116. The van der Waals surface area contributed by atoms with Crippen LogP contribution in [0.25, 0.3) is 0 Å². The molecule has 0 amide bonds. The van der Waals surface area contributed by atoms with Crippen molar-refractivity contribution in [2.45, 2.75) is 13.3 Å². The Morgan fingerprint density at radius 2 is 2.11 bits per heavy atom. The molecular weight excluding hydrogens is 135 g/mol. The molecule has 0 saturated heterocycles. The fourth-order valence-corrected chi connectivity index (χ4v) is 0.170. The van der Waals surface area contributed by atoms with Crippen molar-refractivity contribution in [1.29, 1.82) is 0 Å². The number of ether oxygens (including phenoxy) is 1. The predicted octanol–water partition coefficient (Wildman–Crippen LogP) is -2.27. The van der Waals surface area contributed by atoms with Gasteiger partial charge in [0.15, 0.2) is 0 Å². The number of hydrogen-bond acceptors (Lipinski definition) is 3. The zero-order valence-electron chi connectivity index (χ0n) is 6.38. The van der Waals surface area contributed by atoms with Gasteiger partial charge in [0.05, 0.1) is 0 Å². The van der Waals surface area contributed by atoms with Crippen LogP contribution in [-0.4, -0.2) is 17.2 Å². The molecule has 0 unspecified atom stereocenters. The molecule has 0 rings (SSSR count). The van der Waals surface area contributed by atoms with Crippen molar-refractivity contribution in [3.63, 3.8) is 0 Å². The Balaban J connectivity index is -0.000000245. The second kappa shape index (κ2) is 6.07. The third-order valence-electron chi connectivity index (χ3n) is 0.490. The fourth-order valence-electron chi connectivity index (χ4n) is 0.170. The van der Waals surface area contributed by atoms with E-state index in [-0.39, 0.29) is 37.4 Å². The summed E-state index contributed by atoms with van der Waals surface area (Å²) in [5.41, 5.74) is 0. The van der Waals surface area contributed by atoms with Crippen LogP contribution >= 0.6 is 0 Å². The van der Waals surface area contributed by atoms with Crippen LogP contribution in [-0.2, 0) is 9.53 Å². The molecule has 5 heteroatoms. The summed E-state index contributed by atoms with van der Waals surface area (Å²) >= 11 is 0. The maximum absolute atomic E-state index is 10.0. The minimum Gasteiger partial charge on any atom is -1.00 e. The number of hydrogen-bond donors (Lipinski definition) is 1. The third-order valence-corrected chi connectivity index (χ3v) is 0.490. The van der Waals surface area contributed by atoms with Gasteiger partial charge in [0, 0.05) is 6.42 Å². The minimum atomic E-state index is -1.54. The Morgan fingerprint density at radius 1 is 1.67 bits per heavy atom. The number of carboxylic acid groups (broad SMARTS) is 1. The summed E-state index contributed by atoms with van der Waals surface area (Å²) in [5, 5.41) is 7.77. The van der Waals surface area contributed by atoms with Crippen molar-refractivity contribution in [3.05, 3.63) is 0 Å². The van der Waals surface area contributed by atoms with Crippen molar-refractivity contribution in [1.82, 2.24) is 0 Å². The molecule has 0 aromatic carbocycles. The molecule has 0 atom stereocenters. The monoisotopic (exact) mass is 142 g/mol. The fraction of sp³-hybridized carbons (Fsp3) is 0.500. The van der Waals surface area contributed by atoms with E-state index in [9.17, 15) is 9.59 Å². The van der Waals surface area contributed by atoms with Gasteiger partial charge in [-0.1, -0.05) is 6.92 Å². The summed E-state index contributed by atoms with van der Waals surface area (Å²) in [7, 11) is 0. The van der Waals surface area contributed by atoms with Gasteiger partial charge in [0.25, 0.3) is 0 Å². The first-order valence-corrected chi connectivity index (χ1v) is 2.10. The molecule has 0 fully saturated rings. The standard InChI is InChI=1S/C4H6O4.Na.H/c1-2-3(5)8-4(6)7;;/h2H2,1H3,(H,6,7);;/q;+1;-1. The molecule has 0 saturated carbocycles. The molecule has 0 radical (unpaired) electrons. The van der Waals surface area contributed by atoms with Crippen LogP contribution in [0.4, 0.5) is 4.79 Å². The molecule has 0 spiro atoms. The minimum absolute atomic E-state index is 0. The van der Waals surface area contributed by atoms with Crippen LogP contribution in [0.3, 0.4) is 0 Å². The summed E-state index contributed by atoms with van der Waals surface area (Å²) in [5.74, 6) is -0.725. The van der Waals surface area contributed by atoms with Gasteiger partial charge in [0.2, 0.25) is 0 Å². The average Bonchev–Trinajstić information content (AvgIpc) is 1.65. The maximum Gasteiger partial charge on any atom is 1.00 e. The van der Waals surface area contributed by atoms with Crippen molar-refractivity contribution < 1.29 is 50.4 Å². The zero-order chi connectivity index (χ0) is 6.57. The molecule has 0 bridgehead atoms. The van der Waals surface area contributed by atoms with Gasteiger partial charge in [-0.3, -0.25) is 4.79 Å². The second-order valence-corrected chi connectivity index (χ2v) is 1.09. The Morgan fingerprint density at radius 3 is 2.22 bits per heavy atom. The van der Waals surface area contributed by atoms with E-state index in [1.807, 2.05) is 0 Å². The molecule has 0 aromatic heterocycles. The van der Waals surface area contributed by atoms with E-state index in [2.05, 4.69) is 4.74 Å². The second-order valence-electron chi connectivity index (χ2n) is 1.09. The van der Waals surface area contributed by atoms with Crippen molar-refractivity contribution in [2.75, 3.05) is 0 Å². The first-order valence-electron chi connectivity index (χ1n) is 2.10. The number of carbonyl (C=O) groups is 2. The Kier molecular flexibility index (Phi) is 7.89. The SMILES string of the molecule is CCC(=O)OC(=O)O.[H-].[Na+]. The molecule has 48 valence electrons. The Hall–Kier alpha value is -0.0600. The maximum atomic E-state index is 10.0. The predicted molar refractivity (Wildman–Crippen MR) is 25.5 cm³/mol. The van der Waals surface area contributed by atoms with E-state index in [1.165, 1.54) is 6.92 Å². The van der Waals surface area contributed by atoms with E-state index >= 15 is 0 Å². The largest absolute Gasteiger partial charge is 1.00 e. The molecule has 9 heavy (non-hydrogen) atoms. The van der Waals surface area contributed by atoms with Crippen LogP contribution in [0.15, 0.2) is 0 Å². The van der Waals surface area contributed by atoms with Gasteiger partial charge in [-0.2, -0.15) is 0 Å². The van der Waals surface area contributed by atoms with Crippen LogP contribution in [0, 0.1) is 0 Å². The van der Waals surface area contributed by atoms with Crippen molar-refractivity contribution >= 4 is 12.1 Å². The first kappa shape index (κ1) is 11.7. The number of rotatable bonds is 1. The quantitative estimate of drug-likeness (QED) is 0.255. The van der Waals surface area contributed by atoms with Crippen molar-refractivity contribution in [2.24, 2.45) is 0 Å². The van der Waals surface area contributed by atoms with Gasteiger partial charge in [-0.15, -0.1) is 0 Å². The van der Waals surface area contributed by atoms with Crippen LogP contribution in [0.1, 0.15) is 14.8 Å². The molecule has 0 aliphatic carbocycles. The summed E-state index contributed by atoms with van der Waals surface area (Å²) < 4.78 is 3.68. The molecule has 0 aromatic rings. The number of carbonyl (C=O) groups excluding carboxylic acids is 1. The summed E-state index contributed by atoms with van der Waals surface area (Å²) in [6, 6.07) is 0. The van der Waals surface area contributed by atoms with Crippen molar-refractivity contribution in [3.8, 4) is 0 Å². The summed E-state index contributed by atoms with van der Waals surface area (Å²) in [6.07, 6.45) is -1.45. The van der Waals surface area contributed by atoms with E-state index < -0.39 is 12.1 Å². The van der Waals surface area contributed by atoms with Gasteiger partial charge >= 0.3 is 41.7 Å². The summed E-state index contributed by atoms with van der Waals surface area (Å²) in [6.45, 7) is 1.52. The zero-order valence-corrected chi connectivity index (χ0v) is 7.38. The first-order chi connectivity index (χ1) is 3.66. The topological polar surface area (TPSA) is 63.6 Å². The van der Waals surface area contributed by atoms with Gasteiger partial charge in [0.1, 0.15) is 0 Å². The van der Waals surface area contributed by atoms with E-state index in [0.717, 1.165) is 0 Å². The van der Waals surface area contributed by atoms with Gasteiger partial charge < -0.3 is 11.3 Å². The Labute approximate surface area is 76.0 Å². The molecule has 0 aliphatic heterocycles.